The molecule has 0 saturated carbocycles. The zero-order valence-corrected chi connectivity index (χ0v) is 27.4. The van der Waals surface area contributed by atoms with Crippen molar-refractivity contribution in [1.29, 1.82) is 0 Å². The summed E-state index contributed by atoms with van der Waals surface area (Å²) in [5.74, 6) is -0.639. The fourth-order valence-electron chi connectivity index (χ4n) is 8.03. The van der Waals surface area contributed by atoms with Crippen molar-refractivity contribution in [2.24, 2.45) is 17.6 Å². The first-order valence-electron chi connectivity index (χ1n) is 17.2. The Morgan fingerprint density at radius 2 is 1.64 bits per heavy atom. The number of para-hydroxylation sites is 2. The van der Waals surface area contributed by atoms with E-state index < -0.39 is 17.8 Å². The van der Waals surface area contributed by atoms with E-state index in [-0.39, 0.29) is 0 Å². The molecule has 0 aliphatic heterocycles. The van der Waals surface area contributed by atoms with E-state index in [2.05, 4.69) is 29.5 Å². The second-order valence-corrected chi connectivity index (χ2v) is 13.7. The third-order valence-corrected chi connectivity index (χ3v) is 10.5. The van der Waals surface area contributed by atoms with E-state index >= 15 is 0 Å². The Morgan fingerprint density at radius 1 is 0.894 bits per heavy atom. The summed E-state index contributed by atoms with van der Waals surface area (Å²) in [4.78, 5) is 43.2. The molecule has 0 spiro atoms. The zero-order valence-electron chi connectivity index (χ0n) is 27.4. The lowest BCUT2D eigenvalue weighted by Crippen LogP contribution is -2.18. The smallest absolute Gasteiger partial charge is 0.348 e. The minimum atomic E-state index is -0.663. The summed E-state index contributed by atoms with van der Waals surface area (Å²) in [6.07, 6.45) is 10.8. The summed E-state index contributed by atoms with van der Waals surface area (Å²) >= 11 is 0. The molecule has 2 aliphatic carbocycles. The van der Waals surface area contributed by atoms with Crippen LogP contribution in [-0.2, 0) is 37.0 Å². The predicted octanol–water partition coefficient (Wildman–Crippen LogP) is 8.08. The summed E-state index contributed by atoms with van der Waals surface area (Å²) in [6.45, 7) is 4.95. The van der Waals surface area contributed by atoms with Crippen LogP contribution >= 0.6 is 0 Å². The van der Waals surface area contributed by atoms with Crippen LogP contribution < -0.4 is 5.73 Å². The fourth-order valence-corrected chi connectivity index (χ4v) is 8.03. The fraction of sp³-hybridized carbons (Fsp3) is 0.375. The van der Waals surface area contributed by atoms with Crippen LogP contribution in [0.5, 0.6) is 0 Å². The van der Waals surface area contributed by atoms with Crippen molar-refractivity contribution < 1.29 is 19.1 Å². The largest absolute Gasteiger partial charge is 0.386 e. The first kappa shape index (κ1) is 31.0. The number of ether oxygens (including phenoxy) is 1. The number of carbonyl (C=O) groups excluding carboxylic acids is 3. The van der Waals surface area contributed by atoms with E-state index in [0.717, 1.165) is 65.9 Å². The van der Waals surface area contributed by atoms with Gasteiger partial charge in [-0.1, -0.05) is 75.9 Å². The lowest BCUT2D eigenvalue weighted by molar-refractivity contribution is 0.0400. The van der Waals surface area contributed by atoms with Crippen molar-refractivity contribution in [3.63, 3.8) is 0 Å². The van der Waals surface area contributed by atoms with E-state index in [1.165, 1.54) is 48.2 Å². The van der Waals surface area contributed by atoms with E-state index in [9.17, 15) is 14.4 Å². The van der Waals surface area contributed by atoms with Gasteiger partial charge in [0, 0.05) is 34.3 Å². The average molecular weight is 630 g/mol. The van der Waals surface area contributed by atoms with Crippen molar-refractivity contribution in [1.82, 2.24) is 9.55 Å². The van der Waals surface area contributed by atoms with E-state index in [0.29, 0.717) is 35.1 Å². The Hall–Kier alpha value is -4.65. The highest BCUT2D eigenvalue weighted by molar-refractivity contribution is 6.13. The number of primary amides is 1. The first-order chi connectivity index (χ1) is 22.8. The van der Waals surface area contributed by atoms with Gasteiger partial charge in [-0.25, -0.2) is 9.59 Å². The van der Waals surface area contributed by atoms with Gasteiger partial charge in [0.05, 0.1) is 22.2 Å². The third-order valence-electron chi connectivity index (χ3n) is 10.5. The summed E-state index contributed by atoms with van der Waals surface area (Å²) in [5, 5.41) is 2.05. The van der Waals surface area contributed by atoms with Crippen molar-refractivity contribution in [2.45, 2.75) is 84.6 Å². The van der Waals surface area contributed by atoms with Gasteiger partial charge in [0.25, 0.3) is 0 Å². The van der Waals surface area contributed by atoms with Gasteiger partial charge in [0.2, 0.25) is 5.91 Å². The maximum Gasteiger partial charge on any atom is 0.348 e. The normalized spacial score (nSPS) is 17.4. The topological polar surface area (TPSA) is 107 Å². The van der Waals surface area contributed by atoms with Gasteiger partial charge in [-0.3, -0.25) is 4.79 Å². The molecule has 2 atom stereocenters. The first-order valence-corrected chi connectivity index (χ1v) is 17.2. The predicted molar refractivity (Wildman–Crippen MR) is 185 cm³/mol. The van der Waals surface area contributed by atoms with Gasteiger partial charge in [-0.05, 0) is 91.3 Å². The molecule has 242 valence electrons. The van der Waals surface area contributed by atoms with E-state index in [4.69, 9.17) is 10.5 Å². The number of nitrogens with two attached hydrogens (primary N) is 1. The number of benzene rings is 3. The number of hydrogen-bond acceptors (Lipinski definition) is 4. The van der Waals surface area contributed by atoms with E-state index in [1.807, 2.05) is 36.4 Å². The second-order valence-electron chi connectivity index (χ2n) is 13.7. The molecular formula is C40H43N3O4. The number of fused-ring (bicyclic) bond motifs is 6. The molecule has 2 aromatic heterocycles. The number of unbranched alkanes of at least 4 members (excludes halogenated alkanes) is 2. The number of nitrogens with zero attached hydrogens (tertiary/aromatic N) is 1. The summed E-state index contributed by atoms with van der Waals surface area (Å²) in [6, 6.07) is 18.7. The molecular weight excluding hydrogens is 586 g/mol. The number of nitrogens with one attached hydrogen (secondary N) is 1. The maximum absolute atomic E-state index is 14.0. The highest BCUT2D eigenvalue weighted by Crippen LogP contribution is 2.38. The van der Waals surface area contributed by atoms with Crippen LogP contribution in [-0.4, -0.2) is 27.4 Å². The number of aromatic amines is 1. The molecule has 5 aromatic rings. The van der Waals surface area contributed by atoms with Crippen LogP contribution in [0.1, 0.15) is 112 Å². The van der Waals surface area contributed by atoms with Gasteiger partial charge >= 0.3 is 11.9 Å². The Bertz CT molecular complexity index is 2020. The Kier molecular flexibility index (Phi) is 8.48. The molecule has 2 heterocycles. The number of amides is 1. The number of esters is 2. The highest BCUT2D eigenvalue weighted by Gasteiger charge is 2.30. The highest BCUT2D eigenvalue weighted by atomic mass is 16.6. The van der Waals surface area contributed by atoms with Crippen molar-refractivity contribution in [2.75, 3.05) is 0 Å². The average Bonchev–Trinajstić information content (AvgIpc) is 3.59. The Labute approximate surface area is 275 Å². The standard InChI is InChI=1S/C40H43N3O4/c1-3-4-5-9-25-17-19-29-31-13-8-15-33(37(31)43(35(29)22-25)23-26-10-6-11-27(21-26)38(41)44)40(46)47-39(45)32-14-7-12-30-28-18-16-24(2)20-34(28)42-36(30)32/h6-8,10-15,21,24-25,42H,3-5,9,16-20,22-23H2,1-2H3,(H2,41,44). The van der Waals surface area contributed by atoms with Gasteiger partial charge in [-0.2, -0.15) is 0 Å². The second kappa shape index (κ2) is 12.9. The molecule has 0 fully saturated rings. The molecule has 1 amide bonds. The lowest BCUT2D eigenvalue weighted by Gasteiger charge is -2.24. The molecule has 2 aliphatic rings. The number of hydrogen-bond donors (Lipinski definition) is 2. The molecule has 0 radical (unpaired) electrons. The van der Waals surface area contributed by atoms with Crippen LogP contribution in [0, 0.1) is 11.8 Å². The van der Waals surface area contributed by atoms with Gasteiger partial charge < -0.3 is 20.0 Å². The molecule has 0 bridgehead atoms. The summed E-state index contributed by atoms with van der Waals surface area (Å²) < 4.78 is 7.91. The monoisotopic (exact) mass is 629 g/mol. The molecule has 7 rings (SSSR count). The van der Waals surface area contributed by atoms with Crippen LogP contribution in [0.15, 0.2) is 60.7 Å². The lowest BCUT2D eigenvalue weighted by atomic mass is 9.83. The maximum atomic E-state index is 14.0. The summed E-state index contributed by atoms with van der Waals surface area (Å²) in [5.41, 5.74) is 14.2. The molecule has 2 unspecified atom stereocenters. The minimum Gasteiger partial charge on any atom is -0.386 e. The third kappa shape index (κ3) is 5.88. The van der Waals surface area contributed by atoms with Gasteiger partial charge in [0.1, 0.15) is 0 Å². The van der Waals surface area contributed by atoms with Crippen molar-refractivity contribution >= 4 is 39.7 Å². The quantitative estimate of drug-likeness (QED) is 0.0977. The summed E-state index contributed by atoms with van der Waals surface area (Å²) in [7, 11) is 0. The number of rotatable bonds is 9. The Morgan fingerprint density at radius 3 is 2.45 bits per heavy atom. The molecule has 0 saturated heterocycles. The number of H-pyrrole nitrogens is 1. The molecule has 3 N–H and O–H groups in total. The van der Waals surface area contributed by atoms with Crippen molar-refractivity contribution in [3.05, 3.63) is 105 Å². The van der Waals surface area contributed by atoms with Gasteiger partial charge in [0.15, 0.2) is 0 Å². The minimum absolute atomic E-state index is 0.366. The van der Waals surface area contributed by atoms with Crippen LogP contribution in [0.3, 0.4) is 0 Å². The molecule has 47 heavy (non-hydrogen) atoms. The molecule has 7 nitrogen and oxygen atoms in total. The van der Waals surface area contributed by atoms with Gasteiger partial charge in [-0.15, -0.1) is 0 Å². The van der Waals surface area contributed by atoms with E-state index in [1.54, 1.807) is 18.2 Å². The molecule has 7 heteroatoms. The Balaban J connectivity index is 1.26. The van der Waals surface area contributed by atoms with Crippen molar-refractivity contribution in [3.8, 4) is 0 Å². The number of aryl methyl sites for hydroxylation is 2. The van der Waals surface area contributed by atoms with Crippen LogP contribution in [0.2, 0.25) is 0 Å². The number of carbonyl (C=O) groups is 3. The van der Waals surface area contributed by atoms with Crippen LogP contribution in [0.25, 0.3) is 21.8 Å². The van der Waals surface area contributed by atoms with Crippen LogP contribution in [0.4, 0.5) is 0 Å². The molecule has 3 aromatic carbocycles. The SMILES string of the molecule is CCCCCC1CCc2c(n(Cc3cccc(C(N)=O)c3)c3c(C(=O)OC(=O)c4cccc5c6c([nH]c45)CC(C)CC6)cccc23)C1. The number of aromatic nitrogens is 2. The zero-order chi connectivity index (χ0) is 32.7.